The van der Waals surface area contributed by atoms with E-state index in [1.807, 2.05) is 0 Å². The zero-order chi connectivity index (χ0) is 5.21. The second kappa shape index (κ2) is 2.84. The van der Waals surface area contributed by atoms with Gasteiger partial charge in [-0.2, -0.15) is 0 Å². The Morgan fingerprint density at radius 2 is 2.00 bits per heavy atom. The zero-order valence-electron chi connectivity index (χ0n) is 2.61. The largest absolute Gasteiger partial charge is 0.349 e. The summed E-state index contributed by atoms with van der Waals surface area (Å²) >= 11 is 11.7. The van der Waals surface area contributed by atoms with Crippen LogP contribution in [-0.4, -0.2) is 4.89 Å². The Morgan fingerprint density at radius 1 is 1.83 bits per heavy atom. The van der Waals surface area contributed by atoms with Crippen molar-refractivity contribution >= 4 is 50.8 Å². The Kier molecular flexibility index (Phi) is 3.63. The van der Waals surface area contributed by atoms with E-state index < -0.39 is 4.67 Å². The van der Waals surface area contributed by atoms with Crippen molar-refractivity contribution in [3.8, 4) is 0 Å². The molecule has 38 valence electrons. The summed E-state index contributed by atoms with van der Waals surface area (Å²) in [5.74, 6) is 0. The van der Waals surface area contributed by atoms with E-state index in [2.05, 4.69) is 35.7 Å². The van der Waals surface area contributed by atoms with Gasteiger partial charge in [-0.15, -0.1) is 23.9 Å². The van der Waals surface area contributed by atoms with Crippen molar-refractivity contribution in [2.75, 3.05) is 0 Å². The average molecular weight is 178 g/mol. The summed E-state index contributed by atoms with van der Waals surface area (Å²) in [4.78, 5) is 8.50. The molecule has 0 aliphatic heterocycles. The maximum Gasteiger partial charge on any atom is 0.179 e. The van der Waals surface area contributed by atoms with E-state index in [0.717, 1.165) is 10.4 Å². The summed E-state index contributed by atoms with van der Waals surface area (Å²) in [5, 5.41) is 0. The van der Waals surface area contributed by atoms with Gasteiger partial charge in [0.15, 0.2) is 4.67 Å². The normalized spacial score (nSPS) is 19.8. The second-order valence-corrected chi connectivity index (χ2v) is 10.9. The van der Waals surface area contributed by atoms with Gasteiger partial charge in [-0.3, -0.25) is 0 Å². The summed E-state index contributed by atoms with van der Waals surface area (Å²) in [6.45, 7) is 0. The van der Waals surface area contributed by atoms with Crippen LogP contribution in [-0.2, 0) is 11.8 Å². The highest BCUT2D eigenvalue weighted by Gasteiger charge is 1.99. The van der Waals surface area contributed by atoms with E-state index in [9.17, 15) is 0 Å². The molecule has 0 amide bonds. The molecular formula is H3OPS4. The summed E-state index contributed by atoms with van der Waals surface area (Å²) in [5.41, 5.74) is 0. The van der Waals surface area contributed by atoms with Crippen molar-refractivity contribution in [3.63, 3.8) is 0 Å². The molecule has 0 radical (unpaired) electrons. The molecule has 0 fully saturated rings. The highest BCUT2D eigenvalue weighted by molar-refractivity contribution is 9.12. The molecule has 0 rings (SSSR count). The highest BCUT2D eigenvalue weighted by Crippen LogP contribution is 2.61. The zero-order valence-corrected chi connectivity index (χ0v) is 6.92. The maximum atomic E-state index is 8.50. The van der Waals surface area contributed by atoms with Crippen LogP contribution in [0.1, 0.15) is 0 Å². The summed E-state index contributed by atoms with van der Waals surface area (Å²) in [6.07, 6.45) is 0. The van der Waals surface area contributed by atoms with E-state index >= 15 is 0 Å². The molecule has 0 aliphatic carbocycles. The Labute approximate surface area is 55.7 Å². The van der Waals surface area contributed by atoms with Gasteiger partial charge in [0, 0.05) is 0 Å². The lowest BCUT2D eigenvalue weighted by Gasteiger charge is -1.96. The fraction of sp³-hybridized carbons (Fsp3) is 0. The SMILES string of the molecule is OP(=S)(S)SS. The minimum absolute atomic E-state index is 0.922. The molecule has 0 heterocycles. The van der Waals surface area contributed by atoms with Crippen molar-refractivity contribution in [2.24, 2.45) is 0 Å². The third-order valence-corrected chi connectivity index (χ3v) is 6.64. The van der Waals surface area contributed by atoms with E-state index in [1.165, 1.54) is 0 Å². The summed E-state index contributed by atoms with van der Waals surface area (Å²) in [7, 11) is 0.922. The topological polar surface area (TPSA) is 20.2 Å². The van der Waals surface area contributed by atoms with Gasteiger partial charge in [0.25, 0.3) is 0 Å². The standard InChI is InChI=1S/H3OPS4/c1-2(3,4)6-5/h5H,(H2,1,3,4). The first-order valence-electron chi connectivity index (χ1n) is 0.948. The Morgan fingerprint density at radius 3 is 2.00 bits per heavy atom. The predicted octanol–water partition coefficient (Wildman–Crippen LogP) is 1.71. The molecule has 0 aromatic heterocycles. The molecule has 6 heavy (non-hydrogen) atoms. The Balaban J connectivity index is 3.48. The smallest absolute Gasteiger partial charge is 0.179 e. The van der Waals surface area contributed by atoms with Crippen molar-refractivity contribution in [1.29, 1.82) is 0 Å². The van der Waals surface area contributed by atoms with E-state index in [1.54, 1.807) is 0 Å². The van der Waals surface area contributed by atoms with Crippen LogP contribution in [0.4, 0.5) is 0 Å². The van der Waals surface area contributed by atoms with Gasteiger partial charge in [0.05, 0.1) is 0 Å². The molecule has 1 N–H and O–H groups in total. The molecule has 1 nitrogen and oxygen atoms in total. The van der Waals surface area contributed by atoms with Crippen LogP contribution in [0.2, 0.25) is 0 Å². The van der Waals surface area contributed by atoms with Crippen molar-refractivity contribution in [1.82, 2.24) is 0 Å². The maximum absolute atomic E-state index is 8.50. The molecule has 0 aliphatic rings. The van der Waals surface area contributed by atoms with Crippen molar-refractivity contribution < 1.29 is 4.89 Å². The molecule has 1 atom stereocenters. The lowest BCUT2D eigenvalue weighted by Crippen LogP contribution is -1.44. The fourth-order valence-corrected chi connectivity index (χ4v) is 0. The van der Waals surface area contributed by atoms with Crippen LogP contribution < -0.4 is 0 Å². The lowest BCUT2D eigenvalue weighted by atomic mass is 15.9. The molecule has 0 spiro atoms. The molecule has 0 saturated heterocycles. The van der Waals surface area contributed by atoms with Crippen LogP contribution >= 0.6 is 39.0 Å². The van der Waals surface area contributed by atoms with Crippen LogP contribution in [0.15, 0.2) is 0 Å². The fourth-order valence-electron chi connectivity index (χ4n) is 0. The molecular weight excluding hydrogens is 175 g/mol. The first-order chi connectivity index (χ1) is 2.56. The number of thiol groups is 2. The van der Waals surface area contributed by atoms with E-state index in [0.29, 0.717) is 0 Å². The molecule has 1 unspecified atom stereocenters. The number of rotatable bonds is 1. The van der Waals surface area contributed by atoms with Gasteiger partial charge in [-0.05, 0) is 22.2 Å². The first-order valence-corrected chi connectivity index (χ1v) is 7.33. The van der Waals surface area contributed by atoms with Gasteiger partial charge in [0.1, 0.15) is 0 Å². The lowest BCUT2D eigenvalue weighted by molar-refractivity contribution is 0.654. The van der Waals surface area contributed by atoms with Crippen LogP contribution in [0.3, 0.4) is 0 Å². The Hall–Kier alpha value is 1.66. The quantitative estimate of drug-likeness (QED) is 0.323. The van der Waals surface area contributed by atoms with Gasteiger partial charge in [0.2, 0.25) is 0 Å². The van der Waals surface area contributed by atoms with E-state index in [-0.39, 0.29) is 0 Å². The third kappa shape index (κ3) is 5.66. The van der Waals surface area contributed by atoms with Gasteiger partial charge in [-0.1, -0.05) is 0 Å². The molecule has 0 bridgehead atoms. The van der Waals surface area contributed by atoms with Gasteiger partial charge < -0.3 is 4.89 Å². The molecule has 6 heteroatoms. The average Bonchev–Trinajstić information content (AvgIpc) is 1.35. The highest BCUT2D eigenvalue weighted by atomic mass is 33.5. The van der Waals surface area contributed by atoms with Crippen molar-refractivity contribution in [3.05, 3.63) is 0 Å². The molecule has 0 aromatic carbocycles. The summed E-state index contributed by atoms with van der Waals surface area (Å²) in [6, 6.07) is 0. The third-order valence-electron chi connectivity index (χ3n) is 0.106. The van der Waals surface area contributed by atoms with Crippen molar-refractivity contribution in [2.45, 2.75) is 0 Å². The minimum atomic E-state index is -2.34. The minimum Gasteiger partial charge on any atom is -0.349 e. The molecule has 0 aromatic rings. The first kappa shape index (κ1) is 7.66. The second-order valence-electron chi connectivity index (χ2n) is 0.572. The number of hydrogen-bond acceptors (Lipinski definition) is 3. The van der Waals surface area contributed by atoms with Crippen LogP contribution in [0, 0.1) is 0 Å². The van der Waals surface area contributed by atoms with Crippen LogP contribution in [0.5, 0.6) is 0 Å². The van der Waals surface area contributed by atoms with E-state index in [4.69, 9.17) is 4.89 Å². The van der Waals surface area contributed by atoms with Gasteiger partial charge in [-0.25, -0.2) is 0 Å². The molecule has 0 saturated carbocycles. The van der Waals surface area contributed by atoms with Crippen LogP contribution in [0.25, 0.3) is 0 Å². The Bertz CT molecular complexity index is 71.6. The number of hydrogen-bond donors (Lipinski definition) is 3. The predicted molar refractivity (Wildman–Crippen MR) is 42.1 cm³/mol. The summed E-state index contributed by atoms with van der Waals surface area (Å²) < 4.78 is -2.34. The van der Waals surface area contributed by atoms with Gasteiger partial charge >= 0.3 is 0 Å². The monoisotopic (exact) mass is 178 g/mol.